The van der Waals surface area contributed by atoms with Crippen molar-refractivity contribution < 1.29 is 22.7 Å². The normalized spacial score (nSPS) is 11.5. The van der Waals surface area contributed by atoms with Crippen LogP contribution < -0.4 is 19.2 Å². The topological polar surface area (TPSA) is 102 Å². The number of para-hydroxylation sites is 1. The lowest BCUT2D eigenvalue weighted by atomic mass is 10.1. The molecule has 1 N–H and O–H groups in total. The highest BCUT2D eigenvalue weighted by Crippen LogP contribution is 2.32. The number of carbonyl (C=O) groups is 1. The third-order valence-corrected chi connectivity index (χ3v) is 7.01. The summed E-state index contributed by atoms with van der Waals surface area (Å²) in [5.41, 5.74) is 8.99. The number of nitrogens with one attached hydrogen (secondary N) is 1. The van der Waals surface area contributed by atoms with Gasteiger partial charge in [0.15, 0.2) is 11.5 Å². The number of ether oxygens (including phenoxy) is 2. The molecule has 0 saturated heterocycles. The molecule has 0 aliphatic carbocycles. The fraction of sp³-hybridized carbons (Fsp3) is 0.308. The zero-order valence-corrected chi connectivity index (χ0v) is 22.4. The summed E-state index contributed by atoms with van der Waals surface area (Å²) in [5.74, 6) is 0.207. The van der Waals surface area contributed by atoms with Crippen molar-refractivity contribution in [3.05, 3.63) is 70.5 Å². The molecule has 0 unspecified atom stereocenters. The molecule has 0 fully saturated rings. The summed E-state index contributed by atoms with van der Waals surface area (Å²) in [5, 5.41) is 4.08. The fourth-order valence-electron chi connectivity index (χ4n) is 4.14. The molecule has 1 heterocycles. The van der Waals surface area contributed by atoms with Crippen molar-refractivity contribution in [2.24, 2.45) is 5.10 Å². The van der Waals surface area contributed by atoms with Crippen LogP contribution in [0.3, 0.4) is 0 Å². The van der Waals surface area contributed by atoms with Crippen molar-refractivity contribution in [3.63, 3.8) is 0 Å². The molecular weight excluding hydrogens is 480 g/mol. The Hall–Kier alpha value is -3.79. The second-order valence-corrected chi connectivity index (χ2v) is 10.4. The number of sulfonamides is 1. The highest BCUT2D eigenvalue weighted by molar-refractivity contribution is 7.92. The van der Waals surface area contributed by atoms with E-state index in [1.165, 1.54) is 20.3 Å². The number of hydrogen-bond donors (Lipinski definition) is 1. The minimum Gasteiger partial charge on any atom is -0.493 e. The lowest BCUT2D eigenvalue weighted by Gasteiger charge is -2.22. The van der Waals surface area contributed by atoms with Gasteiger partial charge in [0.2, 0.25) is 10.0 Å². The van der Waals surface area contributed by atoms with Gasteiger partial charge < -0.3 is 14.0 Å². The second kappa shape index (κ2) is 10.9. The van der Waals surface area contributed by atoms with E-state index in [2.05, 4.69) is 41.1 Å². The van der Waals surface area contributed by atoms with Crippen LogP contribution in [-0.2, 0) is 14.8 Å². The van der Waals surface area contributed by atoms with E-state index in [0.29, 0.717) is 11.5 Å². The van der Waals surface area contributed by atoms with Crippen LogP contribution in [0.2, 0.25) is 0 Å². The molecule has 0 bridgehead atoms. The van der Waals surface area contributed by atoms with Crippen molar-refractivity contribution in [2.45, 2.75) is 27.7 Å². The average molecular weight is 513 g/mol. The molecule has 0 aliphatic rings. The standard InChI is InChI=1S/C26H32N4O5S/c1-17-9-8-10-18(2)26(17)30-19(3)13-21(20(30)4)15-27-28-25(31)16-29(36(7,32)33)22-11-12-23(34-5)24(14-22)35-6/h8-15H,16H2,1-7H3,(H,28,31)/b27-15-. The number of hydrazone groups is 1. The summed E-state index contributed by atoms with van der Waals surface area (Å²) in [6, 6.07) is 12.8. The highest BCUT2D eigenvalue weighted by Gasteiger charge is 2.22. The first-order valence-electron chi connectivity index (χ1n) is 11.2. The van der Waals surface area contributed by atoms with Gasteiger partial charge in [0.25, 0.3) is 5.91 Å². The van der Waals surface area contributed by atoms with Gasteiger partial charge in [-0.05, 0) is 57.0 Å². The Labute approximate surface area is 212 Å². The number of benzene rings is 2. The molecule has 9 nitrogen and oxygen atoms in total. The van der Waals surface area contributed by atoms with E-state index in [1.807, 2.05) is 26.0 Å². The lowest BCUT2D eigenvalue weighted by molar-refractivity contribution is -0.119. The van der Waals surface area contributed by atoms with Gasteiger partial charge in [-0.2, -0.15) is 5.10 Å². The molecule has 0 atom stereocenters. The van der Waals surface area contributed by atoms with Crippen LogP contribution in [0, 0.1) is 27.7 Å². The van der Waals surface area contributed by atoms with Crippen LogP contribution in [0.15, 0.2) is 47.6 Å². The summed E-state index contributed by atoms with van der Waals surface area (Å²) in [7, 11) is -0.829. The number of methoxy groups -OCH3 is 2. The maximum absolute atomic E-state index is 12.6. The molecule has 192 valence electrons. The molecule has 3 rings (SSSR count). The summed E-state index contributed by atoms with van der Waals surface area (Å²) in [4.78, 5) is 12.6. The van der Waals surface area contributed by atoms with E-state index in [1.54, 1.807) is 18.3 Å². The van der Waals surface area contributed by atoms with E-state index in [4.69, 9.17) is 9.47 Å². The van der Waals surface area contributed by atoms with Crippen molar-refractivity contribution in [2.75, 3.05) is 31.3 Å². The van der Waals surface area contributed by atoms with Gasteiger partial charge in [-0.1, -0.05) is 18.2 Å². The van der Waals surface area contributed by atoms with Crippen LogP contribution in [0.1, 0.15) is 28.1 Å². The van der Waals surface area contributed by atoms with Crippen LogP contribution in [-0.4, -0.2) is 52.1 Å². The Balaban J connectivity index is 1.79. The molecule has 2 aromatic carbocycles. The summed E-state index contributed by atoms with van der Waals surface area (Å²) in [6.07, 6.45) is 2.59. The van der Waals surface area contributed by atoms with E-state index in [0.717, 1.165) is 44.3 Å². The SMILES string of the molecule is COc1ccc(N(CC(=O)N/N=C\c2cc(C)n(-c3c(C)cccc3C)c2C)S(C)(=O)=O)cc1OC. The summed E-state index contributed by atoms with van der Waals surface area (Å²) in [6.45, 7) is 7.70. The Morgan fingerprint density at radius 2 is 1.67 bits per heavy atom. The molecule has 3 aromatic rings. The predicted molar refractivity (Wildman–Crippen MR) is 142 cm³/mol. The maximum Gasteiger partial charge on any atom is 0.260 e. The quantitative estimate of drug-likeness (QED) is 0.348. The number of carbonyl (C=O) groups excluding carboxylic acids is 1. The fourth-order valence-corrected chi connectivity index (χ4v) is 4.99. The number of aromatic nitrogens is 1. The van der Waals surface area contributed by atoms with Gasteiger partial charge in [0.05, 0.1) is 38.1 Å². The number of anilines is 1. The number of aryl methyl sites for hydroxylation is 3. The molecule has 0 aliphatic heterocycles. The monoisotopic (exact) mass is 512 g/mol. The predicted octanol–water partition coefficient (Wildman–Crippen LogP) is 3.64. The van der Waals surface area contributed by atoms with Crippen LogP contribution in [0.5, 0.6) is 11.5 Å². The number of amides is 1. The van der Waals surface area contributed by atoms with Crippen molar-refractivity contribution in [3.8, 4) is 17.2 Å². The summed E-state index contributed by atoms with van der Waals surface area (Å²) >= 11 is 0. The molecule has 0 saturated carbocycles. The Morgan fingerprint density at radius 3 is 2.25 bits per heavy atom. The Kier molecular flexibility index (Phi) is 8.09. The van der Waals surface area contributed by atoms with E-state index >= 15 is 0 Å². The number of rotatable bonds is 9. The zero-order chi connectivity index (χ0) is 26.6. The molecule has 1 aromatic heterocycles. The highest BCUT2D eigenvalue weighted by atomic mass is 32.2. The van der Waals surface area contributed by atoms with Crippen LogP contribution in [0.4, 0.5) is 5.69 Å². The number of hydrogen-bond acceptors (Lipinski definition) is 6. The smallest absolute Gasteiger partial charge is 0.260 e. The molecular formula is C26H32N4O5S. The molecule has 10 heteroatoms. The van der Waals surface area contributed by atoms with Crippen LogP contribution in [0.25, 0.3) is 5.69 Å². The third-order valence-electron chi connectivity index (χ3n) is 5.87. The Morgan fingerprint density at radius 1 is 1.03 bits per heavy atom. The van der Waals surface area contributed by atoms with Gasteiger partial charge in [0.1, 0.15) is 6.54 Å². The molecule has 0 spiro atoms. The largest absolute Gasteiger partial charge is 0.493 e. The second-order valence-electron chi connectivity index (χ2n) is 8.50. The Bertz CT molecular complexity index is 1390. The summed E-state index contributed by atoms with van der Waals surface area (Å²) < 4.78 is 38.4. The minimum atomic E-state index is -3.76. The van der Waals surface area contributed by atoms with E-state index < -0.39 is 22.5 Å². The molecule has 0 radical (unpaired) electrons. The lowest BCUT2D eigenvalue weighted by Crippen LogP contribution is -2.39. The maximum atomic E-state index is 12.6. The first-order chi connectivity index (χ1) is 17.0. The molecule has 36 heavy (non-hydrogen) atoms. The van der Waals surface area contributed by atoms with Gasteiger partial charge in [-0.3, -0.25) is 9.10 Å². The van der Waals surface area contributed by atoms with Crippen LogP contribution >= 0.6 is 0 Å². The van der Waals surface area contributed by atoms with Gasteiger partial charge in [-0.25, -0.2) is 13.8 Å². The van der Waals surface area contributed by atoms with Gasteiger partial charge >= 0.3 is 0 Å². The van der Waals surface area contributed by atoms with Gasteiger partial charge in [-0.15, -0.1) is 0 Å². The average Bonchev–Trinajstić information content (AvgIpc) is 3.09. The van der Waals surface area contributed by atoms with E-state index in [9.17, 15) is 13.2 Å². The minimum absolute atomic E-state index is 0.270. The third kappa shape index (κ3) is 5.71. The number of nitrogens with zero attached hydrogens (tertiary/aromatic N) is 3. The van der Waals surface area contributed by atoms with E-state index in [-0.39, 0.29) is 5.69 Å². The van der Waals surface area contributed by atoms with Gasteiger partial charge in [0, 0.05) is 23.0 Å². The van der Waals surface area contributed by atoms with Crippen molar-refractivity contribution in [1.82, 2.24) is 9.99 Å². The first-order valence-corrected chi connectivity index (χ1v) is 13.1. The first kappa shape index (κ1) is 26.8. The zero-order valence-electron chi connectivity index (χ0n) is 21.6. The van der Waals surface area contributed by atoms with Crippen molar-refractivity contribution in [1.29, 1.82) is 0 Å². The van der Waals surface area contributed by atoms with Crippen molar-refractivity contribution >= 4 is 27.8 Å². The molecule has 1 amide bonds.